The molecule has 0 amide bonds. The van der Waals surface area contributed by atoms with Gasteiger partial charge >= 0.3 is 0 Å². The molecular weight excluding hydrogens is 402 g/mol. The van der Waals surface area contributed by atoms with Gasteiger partial charge in [-0.2, -0.15) is 5.10 Å². The molecule has 2 aromatic heterocycles. The van der Waals surface area contributed by atoms with Crippen LogP contribution in [0, 0.1) is 6.92 Å². The summed E-state index contributed by atoms with van der Waals surface area (Å²) in [5.74, 6) is 0.460. The first-order chi connectivity index (χ1) is 14.3. The summed E-state index contributed by atoms with van der Waals surface area (Å²) in [5.41, 5.74) is 11.5. The van der Waals surface area contributed by atoms with Crippen LogP contribution in [0.1, 0.15) is 23.6 Å². The fourth-order valence-electron chi connectivity index (χ4n) is 3.74. The van der Waals surface area contributed by atoms with Crippen molar-refractivity contribution in [3.63, 3.8) is 0 Å². The lowest BCUT2D eigenvalue weighted by Gasteiger charge is -2.27. The molecule has 4 rings (SSSR count). The number of nitrogens with zero attached hydrogens (tertiary/aromatic N) is 5. The number of benzene rings is 1. The minimum atomic E-state index is -3.62. The predicted molar refractivity (Wildman–Crippen MR) is 115 cm³/mol. The second-order valence-electron chi connectivity index (χ2n) is 7.50. The van der Waals surface area contributed by atoms with Crippen molar-refractivity contribution in [1.29, 1.82) is 0 Å². The smallest absolute Gasteiger partial charge is 0.243 e. The first-order valence-corrected chi connectivity index (χ1v) is 11.3. The van der Waals surface area contributed by atoms with Crippen LogP contribution in [-0.2, 0) is 23.0 Å². The monoisotopic (exact) mass is 427 g/mol. The van der Waals surface area contributed by atoms with Gasteiger partial charge in [0, 0.05) is 25.2 Å². The van der Waals surface area contributed by atoms with Crippen LogP contribution in [-0.4, -0.2) is 53.2 Å². The number of nitrogens with one attached hydrogen (secondary N) is 1. The van der Waals surface area contributed by atoms with Crippen LogP contribution in [0.5, 0.6) is 0 Å². The Balaban J connectivity index is 1.74. The van der Waals surface area contributed by atoms with Gasteiger partial charge in [-0.05, 0) is 49.2 Å². The summed E-state index contributed by atoms with van der Waals surface area (Å²) in [4.78, 5) is 11.3. The third kappa shape index (κ3) is 3.81. The lowest BCUT2D eigenvalue weighted by Crippen LogP contribution is -2.27. The Morgan fingerprint density at radius 2 is 2.07 bits per heavy atom. The van der Waals surface area contributed by atoms with Crippen molar-refractivity contribution in [2.75, 3.05) is 25.9 Å². The van der Waals surface area contributed by atoms with Crippen LogP contribution in [0.25, 0.3) is 17.1 Å². The highest BCUT2D eigenvalue weighted by atomic mass is 32.2. The molecule has 0 atom stereocenters. The molecular formula is C20H25N7O2S. The van der Waals surface area contributed by atoms with Crippen molar-refractivity contribution < 1.29 is 8.42 Å². The standard InChI is InChI=1S/C20H25N7O2S/c1-4-24-30(28,29)16-9-23-27(12-16)20-19(21)22-10-18(25-20)14-7-13(2)17-5-6-26(3)11-15(17)8-14/h7-10,12,24H,4-6,11H2,1-3H3,(H2,21,22). The van der Waals surface area contributed by atoms with E-state index in [9.17, 15) is 8.42 Å². The first-order valence-electron chi connectivity index (χ1n) is 9.77. The van der Waals surface area contributed by atoms with Gasteiger partial charge in [0.25, 0.3) is 0 Å². The van der Waals surface area contributed by atoms with E-state index in [1.54, 1.807) is 13.1 Å². The maximum Gasteiger partial charge on any atom is 0.243 e. The molecule has 0 unspecified atom stereocenters. The highest BCUT2D eigenvalue weighted by Gasteiger charge is 2.19. The number of nitrogen functional groups attached to an aromatic ring is 1. The Labute approximate surface area is 176 Å². The molecule has 30 heavy (non-hydrogen) atoms. The molecule has 0 spiro atoms. The average molecular weight is 428 g/mol. The fourth-order valence-corrected chi connectivity index (χ4v) is 4.71. The van der Waals surface area contributed by atoms with Gasteiger partial charge in [-0.1, -0.05) is 6.92 Å². The zero-order valence-corrected chi connectivity index (χ0v) is 18.1. The lowest BCUT2D eigenvalue weighted by atomic mass is 9.92. The van der Waals surface area contributed by atoms with Gasteiger partial charge in [-0.15, -0.1) is 0 Å². The van der Waals surface area contributed by atoms with Gasteiger partial charge in [0.2, 0.25) is 10.0 Å². The number of aryl methyl sites for hydroxylation is 1. The SMILES string of the molecule is CCNS(=O)(=O)c1cnn(-c2nc(-c3cc(C)c4c(c3)CN(C)CC4)cnc2N)c1. The van der Waals surface area contributed by atoms with Crippen LogP contribution in [0.2, 0.25) is 0 Å². The number of hydrogen-bond acceptors (Lipinski definition) is 7. The fraction of sp³-hybridized carbons (Fsp3) is 0.350. The average Bonchev–Trinajstić information content (AvgIpc) is 3.19. The van der Waals surface area contributed by atoms with Crippen molar-refractivity contribution in [2.24, 2.45) is 0 Å². The minimum absolute atomic E-state index is 0.0450. The van der Waals surface area contributed by atoms with Crippen LogP contribution in [0.15, 0.2) is 35.6 Å². The van der Waals surface area contributed by atoms with Gasteiger partial charge in [-0.25, -0.2) is 27.8 Å². The largest absolute Gasteiger partial charge is 0.381 e. The maximum absolute atomic E-state index is 12.2. The van der Waals surface area contributed by atoms with E-state index in [1.165, 1.54) is 33.8 Å². The second kappa shape index (κ2) is 7.78. The number of sulfonamides is 1. The van der Waals surface area contributed by atoms with Gasteiger partial charge < -0.3 is 10.6 Å². The van der Waals surface area contributed by atoms with Crippen molar-refractivity contribution in [2.45, 2.75) is 31.7 Å². The Morgan fingerprint density at radius 3 is 2.83 bits per heavy atom. The molecule has 0 bridgehead atoms. The molecule has 1 aliphatic rings. The van der Waals surface area contributed by atoms with Crippen LogP contribution in [0.4, 0.5) is 5.82 Å². The van der Waals surface area contributed by atoms with Gasteiger partial charge in [0.05, 0.1) is 24.3 Å². The molecule has 0 saturated carbocycles. The number of nitrogens with two attached hydrogens (primary N) is 1. The van der Waals surface area contributed by atoms with E-state index in [1.807, 2.05) is 0 Å². The zero-order valence-electron chi connectivity index (χ0n) is 17.3. The minimum Gasteiger partial charge on any atom is -0.381 e. The topological polar surface area (TPSA) is 119 Å². The third-order valence-corrected chi connectivity index (χ3v) is 6.75. The molecule has 0 fully saturated rings. The van der Waals surface area contributed by atoms with Crippen molar-refractivity contribution in [1.82, 2.24) is 29.4 Å². The molecule has 0 saturated heterocycles. The van der Waals surface area contributed by atoms with Crippen LogP contribution >= 0.6 is 0 Å². The highest BCUT2D eigenvalue weighted by Crippen LogP contribution is 2.29. The second-order valence-corrected chi connectivity index (χ2v) is 9.27. The number of hydrogen-bond donors (Lipinski definition) is 2. The molecule has 0 aliphatic carbocycles. The Morgan fingerprint density at radius 1 is 1.27 bits per heavy atom. The van der Waals surface area contributed by atoms with E-state index in [4.69, 9.17) is 5.73 Å². The molecule has 158 valence electrons. The Hall–Kier alpha value is -2.82. The quantitative estimate of drug-likeness (QED) is 0.633. The number of fused-ring (bicyclic) bond motifs is 1. The van der Waals surface area contributed by atoms with Crippen LogP contribution in [0.3, 0.4) is 0 Å². The van der Waals surface area contributed by atoms with E-state index in [-0.39, 0.29) is 23.1 Å². The molecule has 3 aromatic rings. The summed E-state index contributed by atoms with van der Waals surface area (Å²) in [6.07, 6.45) is 5.32. The lowest BCUT2D eigenvalue weighted by molar-refractivity contribution is 0.312. The summed E-state index contributed by atoms with van der Waals surface area (Å²) < 4.78 is 28.2. The van der Waals surface area contributed by atoms with E-state index >= 15 is 0 Å². The molecule has 1 aromatic carbocycles. The van der Waals surface area contributed by atoms with Gasteiger partial charge in [-0.3, -0.25) is 0 Å². The zero-order chi connectivity index (χ0) is 21.5. The Kier molecular flexibility index (Phi) is 5.31. The molecule has 1 aliphatic heterocycles. The Bertz CT molecular complexity index is 1200. The molecule has 3 heterocycles. The summed E-state index contributed by atoms with van der Waals surface area (Å²) in [6, 6.07) is 4.25. The predicted octanol–water partition coefficient (Wildman–Crippen LogP) is 1.51. The summed E-state index contributed by atoms with van der Waals surface area (Å²) in [6.45, 7) is 6.07. The van der Waals surface area contributed by atoms with E-state index in [0.717, 1.165) is 25.1 Å². The number of anilines is 1. The number of likely N-dealkylation sites (N-methyl/N-ethyl adjacent to an activating group) is 1. The van der Waals surface area contributed by atoms with E-state index in [0.29, 0.717) is 5.69 Å². The van der Waals surface area contributed by atoms with Crippen molar-refractivity contribution >= 4 is 15.8 Å². The summed E-state index contributed by atoms with van der Waals surface area (Å²) >= 11 is 0. The maximum atomic E-state index is 12.2. The van der Waals surface area contributed by atoms with Crippen molar-refractivity contribution in [3.8, 4) is 17.1 Å². The molecule has 9 nitrogen and oxygen atoms in total. The molecule has 10 heteroatoms. The number of rotatable bonds is 5. The first kappa shape index (κ1) is 20.5. The normalized spacial score (nSPS) is 14.6. The molecule has 3 N–H and O–H groups in total. The van der Waals surface area contributed by atoms with E-state index < -0.39 is 10.0 Å². The van der Waals surface area contributed by atoms with Crippen LogP contribution < -0.4 is 10.5 Å². The van der Waals surface area contributed by atoms with Gasteiger partial charge in [0.1, 0.15) is 4.90 Å². The number of aromatic nitrogens is 4. The summed E-state index contributed by atoms with van der Waals surface area (Å²) in [5, 5.41) is 4.14. The molecule has 0 radical (unpaired) electrons. The third-order valence-electron chi connectivity index (χ3n) is 5.25. The van der Waals surface area contributed by atoms with Gasteiger partial charge in [0.15, 0.2) is 11.6 Å². The van der Waals surface area contributed by atoms with Crippen molar-refractivity contribution in [3.05, 3.63) is 47.4 Å². The summed E-state index contributed by atoms with van der Waals surface area (Å²) in [7, 11) is -1.51. The highest BCUT2D eigenvalue weighted by molar-refractivity contribution is 7.89. The van der Waals surface area contributed by atoms with E-state index in [2.05, 4.69) is 50.8 Å².